The van der Waals surface area contributed by atoms with Gasteiger partial charge in [-0.25, -0.2) is 0 Å². The van der Waals surface area contributed by atoms with Crippen LogP contribution in [0.1, 0.15) is 20.8 Å². The molecule has 0 rings (SSSR count). The molecular formula is C9H21F2N. The molecule has 0 amide bonds. The zero-order chi connectivity index (χ0) is 9.98. The SMILES string of the molecule is CCF.CCN(C)CC(C)CF. The van der Waals surface area contributed by atoms with Crippen LogP contribution in [0, 0.1) is 5.92 Å². The van der Waals surface area contributed by atoms with Gasteiger partial charge in [-0.15, -0.1) is 0 Å². The Hall–Kier alpha value is -0.180. The van der Waals surface area contributed by atoms with E-state index in [1.807, 2.05) is 14.0 Å². The Kier molecular flexibility index (Phi) is 12.9. The fourth-order valence-electron chi connectivity index (χ4n) is 0.710. The van der Waals surface area contributed by atoms with Gasteiger partial charge in [0.1, 0.15) is 0 Å². The molecule has 0 aromatic rings. The normalized spacial score (nSPS) is 12.2. The minimum atomic E-state index is -0.250. The van der Waals surface area contributed by atoms with E-state index in [-0.39, 0.29) is 19.3 Å². The standard InChI is InChI=1S/C7H16FN.C2H5F/c1-4-9(3)6-7(2)5-8;1-2-3/h7H,4-6H2,1-3H3;2H2,1H3. The number of nitrogens with zero attached hydrogens (tertiary/aromatic N) is 1. The van der Waals surface area contributed by atoms with Crippen molar-refractivity contribution in [3.05, 3.63) is 0 Å². The molecule has 0 bridgehead atoms. The molecule has 0 aromatic heterocycles. The highest BCUT2D eigenvalue weighted by Gasteiger charge is 2.02. The van der Waals surface area contributed by atoms with Crippen molar-refractivity contribution in [2.45, 2.75) is 20.8 Å². The van der Waals surface area contributed by atoms with Crippen LogP contribution < -0.4 is 0 Å². The predicted molar refractivity (Wildman–Crippen MR) is 50.0 cm³/mol. The number of halogens is 2. The lowest BCUT2D eigenvalue weighted by Gasteiger charge is -2.16. The summed E-state index contributed by atoms with van der Waals surface area (Å²) in [7, 11) is 2.01. The second-order valence-corrected chi connectivity index (χ2v) is 2.88. The van der Waals surface area contributed by atoms with Crippen molar-refractivity contribution in [1.82, 2.24) is 4.90 Å². The summed E-state index contributed by atoms with van der Waals surface area (Å²) in [5.41, 5.74) is 0. The Morgan fingerprint density at radius 1 is 1.25 bits per heavy atom. The molecule has 0 heterocycles. The highest BCUT2D eigenvalue weighted by molar-refractivity contribution is 4.54. The molecule has 12 heavy (non-hydrogen) atoms. The first-order valence-electron chi connectivity index (χ1n) is 4.42. The van der Waals surface area contributed by atoms with Crippen LogP contribution in [0.15, 0.2) is 0 Å². The highest BCUT2D eigenvalue weighted by atomic mass is 19.1. The van der Waals surface area contributed by atoms with E-state index in [9.17, 15) is 8.78 Å². The summed E-state index contributed by atoms with van der Waals surface area (Å²) in [4.78, 5) is 2.12. The zero-order valence-corrected chi connectivity index (χ0v) is 8.61. The van der Waals surface area contributed by atoms with Crippen molar-refractivity contribution in [3.63, 3.8) is 0 Å². The van der Waals surface area contributed by atoms with Crippen LogP contribution in [0.2, 0.25) is 0 Å². The summed E-state index contributed by atoms with van der Waals surface area (Å²) < 4.78 is 22.1. The molecule has 0 aliphatic carbocycles. The number of hydrogen-bond acceptors (Lipinski definition) is 1. The van der Waals surface area contributed by atoms with E-state index in [1.165, 1.54) is 6.92 Å². The lowest BCUT2D eigenvalue weighted by atomic mass is 10.2. The number of rotatable bonds is 4. The minimum Gasteiger partial charge on any atom is -0.306 e. The average Bonchev–Trinajstić information content (AvgIpc) is 2.05. The molecular weight excluding hydrogens is 160 g/mol. The van der Waals surface area contributed by atoms with Crippen molar-refractivity contribution in [2.75, 3.05) is 33.5 Å². The lowest BCUT2D eigenvalue weighted by molar-refractivity contribution is 0.262. The summed E-state index contributed by atoms with van der Waals surface area (Å²) in [6.45, 7) is 6.87. The van der Waals surface area contributed by atoms with E-state index >= 15 is 0 Å². The van der Waals surface area contributed by atoms with E-state index in [4.69, 9.17) is 0 Å². The molecule has 1 nitrogen and oxygen atoms in total. The molecule has 0 fully saturated rings. The van der Waals surface area contributed by atoms with Gasteiger partial charge in [0.15, 0.2) is 0 Å². The summed E-state index contributed by atoms with van der Waals surface area (Å²) in [5, 5.41) is 0. The topological polar surface area (TPSA) is 3.24 Å². The van der Waals surface area contributed by atoms with Gasteiger partial charge in [0.05, 0.1) is 13.3 Å². The van der Waals surface area contributed by atoms with E-state index in [2.05, 4.69) is 11.8 Å². The van der Waals surface area contributed by atoms with Crippen LogP contribution in [-0.4, -0.2) is 38.4 Å². The van der Waals surface area contributed by atoms with E-state index in [0.717, 1.165) is 13.1 Å². The number of alkyl halides is 2. The monoisotopic (exact) mass is 181 g/mol. The fraction of sp³-hybridized carbons (Fsp3) is 1.00. The van der Waals surface area contributed by atoms with Crippen molar-refractivity contribution in [2.24, 2.45) is 5.92 Å². The Labute approximate surface area is 74.8 Å². The molecule has 0 saturated carbocycles. The first-order valence-corrected chi connectivity index (χ1v) is 4.42. The quantitative estimate of drug-likeness (QED) is 0.644. The number of hydrogen-bond donors (Lipinski definition) is 0. The van der Waals surface area contributed by atoms with Crippen molar-refractivity contribution in [1.29, 1.82) is 0 Å². The van der Waals surface area contributed by atoms with Crippen LogP contribution >= 0.6 is 0 Å². The molecule has 1 atom stereocenters. The summed E-state index contributed by atoms with van der Waals surface area (Å²) >= 11 is 0. The molecule has 0 aliphatic heterocycles. The highest BCUT2D eigenvalue weighted by Crippen LogP contribution is 1.97. The maximum atomic E-state index is 11.9. The van der Waals surface area contributed by atoms with Crippen molar-refractivity contribution in [3.8, 4) is 0 Å². The first kappa shape index (κ1) is 14.3. The third-order valence-electron chi connectivity index (χ3n) is 1.43. The van der Waals surface area contributed by atoms with Gasteiger partial charge in [-0.3, -0.25) is 8.78 Å². The molecule has 1 unspecified atom stereocenters. The van der Waals surface area contributed by atoms with Gasteiger partial charge < -0.3 is 4.90 Å². The summed E-state index contributed by atoms with van der Waals surface area (Å²) in [5.74, 6) is 0.190. The molecule has 0 spiro atoms. The second-order valence-electron chi connectivity index (χ2n) is 2.88. The van der Waals surface area contributed by atoms with Crippen LogP contribution in [0.5, 0.6) is 0 Å². The minimum absolute atomic E-state index is 0.190. The van der Waals surface area contributed by atoms with Gasteiger partial charge in [0, 0.05) is 6.54 Å². The largest absolute Gasteiger partial charge is 0.306 e. The van der Waals surface area contributed by atoms with E-state index in [0.29, 0.717) is 0 Å². The van der Waals surface area contributed by atoms with Gasteiger partial charge in [0.2, 0.25) is 0 Å². The molecule has 0 radical (unpaired) electrons. The van der Waals surface area contributed by atoms with Gasteiger partial charge >= 0.3 is 0 Å². The first-order chi connectivity index (χ1) is 5.62. The van der Waals surface area contributed by atoms with Gasteiger partial charge in [-0.1, -0.05) is 13.8 Å². The third-order valence-corrected chi connectivity index (χ3v) is 1.43. The van der Waals surface area contributed by atoms with Crippen molar-refractivity contribution < 1.29 is 8.78 Å². The van der Waals surface area contributed by atoms with Gasteiger partial charge in [-0.05, 0) is 26.4 Å². The van der Waals surface area contributed by atoms with Crippen LogP contribution in [0.25, 0.3) is 0 Å². The molecule has 0 N–H and O–H groups in total. The van der Waals surface area contributed by atoms with Crippen LogP contribution in [0.4, 0.5) is 8.78 Å². The molecule has 0 saturated heterocycles. The van der Waals surface area contributed by atoms with Crippen molar-refractivity contribution >= 4 is 0 Å². The smallest absolute Gasteiger partial charge is 0.0932 e. The Morgan fingerprint density at radius 2 is 1.67 bits per heavy atom. The Bertz CT molecular complexity index is 70.9. The Morgan fingerprint density at radius 3 is 1.92 bits per heavy atom. The molecule has 0 aromatic carbocycles. The molecule has 0 aliphatic rings. The summed E-state index contributed by atoms with van der Waals surface area (Å²) in [6, 6.07) is 0. The van der Waals surface area contributed by atoms with E-state index in [1.54, 1.807) is 0 Å². The molecule has 76 valence electrons. The maximum Gasteiger partial charge on any atom is 0.0932 e. The average molecular weight is 181 g/mol. The van der Waals surface area contributed by atoms with E-state index < -0.39 is 0 Å². The zero-order valence-electron chi connectivity index (χ0n) is 8.61. The van der Waals surface area contributed by atoms with Crippen LogP contribution in [0.3, 0.4) is 0 Å². The Balaban J connectivity index is 0. The third kappa shape index (κ3) is 12.5. The van der Waals surface area contributed by atoms with Crippen LogP contribution in [-0.2, 0) is 0 Å². The van der Waals surface area contributed by atoms with Gasteiger partial charge in [0.25, 0.3) is 0 Å². The fourth-order valence-corrected chi connectivity index (χ4v) is 0.710. The maximum absolute atomic E-state index is 11.9. The predicted octanol–water partition coefficient (Wildman–Crippen LogP) is 2.52. The second kappa shape index (κ2) is 10.8. The molecule has 3 heteroatoms. The van der Waals surface area contributed by atoms with Gasteiger partial charge in [-0.2, -0.15) is 0 Å². The lowest BCUT2D eigenvalue weighted by Crippen LogP contribution is -2.24. The summed E-state index contributed by atoms with van der Waals surface area (Å²) in [6.07, 6.45) is 0.